The van der Waals surface area contributed by atoms with Crippen LogP contribution >= 0.6 is 0 Å². The third-order valence-electron chi connectivity index (χ3n) is 1.82. The minimum Gasteiger partial charge on any atom is -0.283 e. The minimum atomic E-state index is 0.764. The maximum absolute atomic E-state index is 3.88. The van der Waals surface area contributed by atoms with E-state index in [0.717, 1.165) is 12.3 Å². The maximum Gasteiger partial charge on any atom is 0.0490 e. The zero-order valence-electron chi connectivity index (χ0n) is 6.59. The number of rotatable bonds is 3. The second kappa shape index (κ2) is 3.40. The summed E-state index contributed by atoms with van der Waals surface area (Å²) in [5.74, 6) is 0.764. The van der Waals surface area contributed by atoms with E-state index in [4.69, 9.17) is 0 Å². The molecule has 0 bridgehead atoms. The fourth-order valence-corrected chi connectivity index (χ4v) is 0.918. The fraction of sp³-hybridized carbons (Fsp3) is 0.625. The minimum absolute atomic E-state index is 0.764. The molecule has 0 fully saturated rings. The van der Waals surface area contributed by atoms with E-state index in [9.17, 15) is 0 Å². The van der Waals surface area contributed by atoms with E-state index in [-0.39, 0.29) is 0 Å². The van der Waals surface area contributed by atoms with Gasteiger partial charge in [0.05, 0.1) is 0 Å². The van der Waals surface area contributed by atoms with E-state index in [1.165, 1.54) is 12.1 Å². The molecule has 0 aliphatic heterocycles. The van der Waals surface area contributed by atoms with E-state index in [2.05, 4.69) is 24.0 Å². The lowest BCUT2D eigenvalue weighted by molar-refractivity contribution is 0.552. The van der Waals surface area contributed by atoms with Crippen LogP contribution in [-0.4, -0.2) is 10.2 Å². The first-order chi connectivity index (χ1) is 4.83. The Kier molecular flexibility index (Phi) is 2.49. The van der Waals surface area contributed by atoms with Crippen LogP contribution in [0.1, 0.15) is 26.0 Å². The van der Waals surface area contributed by atoms with Crippen LogP contribution in [0.4, 0.5) is 0 Å². The molecule has 0 spiro atoms. The largest absolute Gasteiger partial charge is 0.283 e. The number of aromatic amines is 1. The van der Waals surface area contributed by atoms with Crippen LogP contribution in [0.15, 0.2) is 12.3 Å². The van der Waals surface area contributed by atoms with Crippen molar-refractivity contribution in [3.05, 3.63) is 18.0 Å². The molecule has 2 nitrogen and oxygen atoms in total. The zero-order chi connectivity index (χ0) is 7.40. The monoisotopic (exact) mass is 138 g/mol. The van der Waals surface area contributed by atoms with Gasteiger partial charge in [0, 0.05) is 11.9 Å². The molecule has 2 heteroatoms. The van der Waals surface area contributed by atoms with Crippen LogP contribution in [0.25, 0.3) is 0 Å². The Labute approximate surface area is 61.7 Å². The SMILES string of the molecule is CCC(C)Cc1ccn[nH]1. The van der Waals surface area contributed by atoms with Crippen molar-refractivity contribution >= 4 is 0 Å². The molecular formula is C8H14N2. The highest BCUT2D eigenvalue weighted by molar-refractivity contribution is 4.97. The number of hydrogen-bond donors (Lipinski definition) is 1. The van der Waals surface area contributed by atoms with Gasteiger partial charge in [-0.25, -0.2) is 0 Å². The lowest BCUT2D eigenvalue weighted by Gasteiger charge is -2.04. The van der Waals surface area contributed by atoms with Crippen molar-refractivity contribution in [2.45, 2.75) is 26.7 Å². The van der Waals surface area contributed by atoms with Gasteiger partial charge < -0.3 is 0 Å². The van der Waals surface area contributed by atoms with Gasteiger partial charge in [-0.3, -0.25) is 5.10 Å². The molecule has 1 atom stereocenters. The summed E-state index contributed by atoms with van der Waals surface area (Å²) >= 11 is 0. The molecule has 10 heavy (non-hydrogen) atoms. The third kappa shape index (κ3) is 1.87. The Hall–Kier alpha value is -0.790. The number of nitrogens with one attached hydrogen (secondary N) is 1. The van der Waals surface area contributed by atoms with Crippen molar-refractivity contribution in [3.63, 3.8) is 0 Å². The van der Waals surface area contributed by atoms with E-state index in [1.54, 1.807) is 6.20 Å². The summed E-state index contributed by atoms with van der Waals surface area (Å²) in [6, 6.07) is 2.03. The molecule has 0 saturated carbocycles. The van der Waals surface area contributed by atoms with Crippen molar-refractivity contribution < 1.29 is 0 Å². The Morgan fingerprint density at radius 1 is 1.70 bits per heavy atom. The number of aromatic nitrogens is 2. The molecule has 1 aromatic rings. The predicted molar refractivity (Wildman–Crippen MR) is 41.7 cm³/mol. The average molecular weight is 138 g/mol. The van der Waals surface area contributed by atoms with Gasteiger partial charge in [-0.2, -0.15) is 5.10 Å². The molecule has 1 rings (SSSR count). The quantitative estimate of drug-likeness (QED) is 0.680. The highest BCUT2D eigenvalue weighted by atomic mass is 15.1. The van der Waals surface area contributed by atoms with Crippen molar-refractivity contribution in [2.75, 3.05) is 0 Å². The van der Waals surface area contributed by atoms with Gasteiger partial charge in [0.2, 0.25) is 0 Å². The predicted octanol–water partition coefficient (Wildman–Crippen LogP) is 2.00. The van der Waals surface area contributed by atoms with Crippen molar-refractivity contribution in [2.24, 2.45) is 5.92 Å². The van der Waals surface area contributed by atoms with Crippen LogP contribution in [-0.2, 0) is 6.42 Å². The molecule has 0 radical (unpaired) electrons. The van der Waals surface area contributed by atoms with Crippen LogP contribution in [0.2, 0.25) is 0 Å². The second-order valence-corrected chi connectivity index (χ2v) is 2.80. The number of nitrogens with zero attached hydrogens (tertiary/aromatic N) is 1. The highest BCUT2D eigenvalue weighted by Gasteiger charge is 2.00. The molecule has 0 saturated heterocycles. The molecule has 1 N–H and O–H groups in total. The maximum atomic E-state index is 3.88. The molecule has 0 aliphatic rings. The first-order valence-corrected chi connectivity index (χ1v) is 3.81. The molecule has 0 aliphatic carbocycles. The highest BCUT2D eigenvalue weighted by Crippen LogP contribution is 2.07. The van der Waals surface area contributed by atoms with Crippen LogP contribution in [0.5, 0.6) is 0 Å². The Bertz CT molecular complexity index is 167. The van der Waals surface area contributed by atoms with Crippen LogP contribution < -0.4 is 0 Å². The first-order valence-electron chi connectivity index (χ1n) is 3.81. The lowest BCUT2D eigenvalue weighted by Crippen LogP contribution is -1.97. The van der Waals surface area contributed by atoms with E-state index in [1.807, 2.05) is 6.07 Å². The average Bonchev–Trinajstić information content (AvgIpc) is 2.40. The summed E-state index contributed by atoms with van der Waals surface area (Å²) in [5.41, 5.74) is 1.24. The first kappa shape index (κ1) is 7.32. The standard InChI is InChI=1S/C8H14N2/c1-3-7(2)6-8-4-5-9-10-8/h4-5,7H,3,6H2,1-2H3,(H,9,10). The van der Waals surface area contributed by atoms with Gasteiger partial charge in [0.1, 0.15) is 0 Å². The third-order valence-corrected chi connectivity index (χ3v) is 1.82. The summed E-state index contributed by atoms with van der Waals surface area (Å²) in [5, 5.41) is 6.84. The number of hydrogen-bond acceptors (Lipinski definition) is 1. The number of H-pyrrole nitrogens is 1. The Morgan fingerprint density at radius 3 is 3.00 bits per heavy atom. The summed E-state index contributed by atoms with van der Waals surface area (Å²) in [6.45, 7) is 4.46. The zero-order valence-corrected chi connectivity index (χ0v) is 6.59. The summed E-state index contributed by atoms with van der Waals surface area (Å²) in [6.07, 6.45) is 4.16. The van der Waals surface area contributed by atoms with Gasteiger partial charge in [0.15, 0.2) is 0 Å². The van der Waals surface area contributed by atoms with Gasteiger partial charge in [0.25, 0.3) is 0 Å². The topological polar surface area (TPSA) is 28.7 Å². The van der Waals surface area contributed by atoms with E-state index >= 15 is 0 Å². The van der Waals surface area contributed by atoms with Crippen molar-refractivity contribution in [1.29, 1.82) is 0 Å². The van der Waals surface area contributed by atoms with Crippen LogP contribution in [0.3, 0.4) is 0 Å². The van der Waals surface area contributed by atoms with Crippen molar-refractivity contribution in [1.82, 2.24) is 10.2 Å². The lowest BCUT2D eigenvalue weighted by atomic mass is 10.0. The van der Waals surface area contributed by atoms with Gasteiger partial charge in [-0.05, 0) is 18.4 Å². The fourth-order valence-electron chi connectivity index (χ4n) is 0.918. The molecule has 1 unspecified atom stereocenters. The normalized spacial score (nSPS) is 13.4. The summed E-state index contributed by atoms with van der Waals surface area (Å²) in [7, 11) is 0. The smallest absolute Gasteiger partial charge is 0.0490 e. The van der Waals surface area contributed by atoms with Crippen molar-refractivity contribution in [3.8, 4) is 0 Å². The summed E-state index contributed by atoms with van der Waals surface area (Å²) < 4.78 is 0. The van der Waals surface area contributed by atoms with E-state index < -0.39 is 0 Å². The Balaban J connectivity index is 2.40. The second-order valence-electron chi connectivity index (χ2n) is 2.80. The molecular weight excluding hydrogens is 124 g/mol. The molecule has 1 heterocycles. The molecule has 56 valence electrons. The summed E-state index contributed by atoms with van der Waals surface area (Å²) in [4.78, 5) is 0. The Morgan fingerprint density at radius 2 is 2.50 bits per heavy atom. The molecule has 1 aromatic heterocycles. The van der Waals surface area contributed by atoms with Gasteiger partial charge in [-0.1, -0.05) is 20.3 Å². The molecule has 0 amide bonds. The van der Waals surface area contributed by atoms with E-state index in [0.29, 0.717) is 0 Å². The van der Waals surface area contributed by atoms with Gasteiger partial charge in [-0.15, -0.1) is 0 Å². The van der Waals surface area contributed by atoms with Crippen LogP contribution in [0, 0.1) is 5.92 Å². The van der Waals surface area contributed by atoms with Gasteiger partial charge >= 0.3 is 0 Å². The molecule has 0 aromatic carbocycles.